The van der Waals surface area contributed by atoms with E-state index in [9.17, 15) is 9.18 Å². The van der Waals surface area contributed by atoms with Crippen molar-refractivity contribution in [2.24, 2.45) is 5.73 Å². The summed E-state index contributed by atoms with van der Waals surface area (Å²) in [6.07, 6.45) is 1.22. The number of hydrogen-bond donors (Lipinski definition) is 1. The standard InChI is InChI=1S/C12H16FN3O/c13-10-3-1-4-11(9-10)15-8-5-12(17)16(15)7-2-6-14/h1,3-4,9H,2,5-8,14H2. The van der Waals surface area contributed by atoms with Crippen molar-refractivity contribution in [3.8, 4) is 0 Å². The van der Waals surface area contributed by atoms with Crippen LogP contribution in [0.5, 0.6) is 0 Å². The third-order valence-electron chi connectivity index (χ3n) is 2.80. The molecule has 5 heteroatoms. The average Bonchev–Trinajstić information content (AvgIpc) is 2.68. The lowest BCUT2D eigenvalue weighted by molar-refractivity contribution is -0.128. The fourth-order valence-electron chi connectivity index (χ4n) is 1.98. The molecule has 0 bridgehead atoms. The Hall–Kier alpha value is -1.62. The van der Waals surface area contributed by atoms with Crippen LogP contribution in [0.1, 0.15) is 12.8 Å². The highest BCUT2D eigenvalue weighted by molar-refractivity contribution is 5.81. The minimum absolute atomic E-state index is 0.0720. The van der Waals surface area contributed by atoms with E-state index in [1.54, 1.807) is 17.1 Å². The van der Waals surface area contributed by atoms with Crippen LogP contribution in [-0.4, -0.2) is 30.6 Å². The van der Waals surface area contributed by atoms with Gasteiger partial charge in [-0.3, -0.25) is 14.8 Å². The van der Waals surface area contributed by atoms with Gasteiger partial charge in [-0.25, -0.2) is 4.39 Å². The van der Waals surface area contributed by atoms with E-state index in [0.29, 0.717) is 31.7 Å². The highest BCUT2D eigenvalue weighted by Crippen LogP contribution is 2.23. The van der Waals surface area contributed by atoms with E-state index in [4.69, 9.17) is 5.73 Å². The largest absolute Gasteiger partial charge is 0.330 e. The first-order chi connectivity index (χ1) is 8.22. The van der Waals surface area contributed by atoms with Gasteiger partial charge in [0.25, 0.3) is 0 Å². The predicted molar refractivity (Wildman–Crippen MR) is 63.7 cm³/mol. The summed E-state index contributed by atoms with van der Waals surface area (Å²) in [5, 5.41) is 3.47. The first kappa shape index (κ1) is 11.9. The Bertz CT molecular complexity index is 410. The van der Waals surface area contributed by atoms with Gasteiger partial charge in [-0.2, -0.15) is 0 Å². The van der Waals surface area contributed by atoms with Crippen LogP contribution in [0.3, 0.4) is 0 Å². The van der Waals surface area contributed by atoms with Gasteiger partial charge in [-0.05, 0) is 31.2 Å². The number of anilines is 1. The zero-order chi connectivity index (χ0) is 12.3. The highest BCUT2D eigenvalue weighted by Gasteiger charge is 2.28. The summed E-state index contributed by atoms with van der Waals surface area (Å²) < 4.78 is 13.1. The maximum Gasteiger partial charge on any atom is 0.242 e. The molecule has 1 saturated heterocycles. The van der Waals surface area contributed by atoms with Gasteiger partial charge < -0.3 is 5.73 Å². The number of rotatable bonds is 4. The van der Waals surface area contributed by atoms with E-state index < -0.39 is 0 Å². The molecule has 1 amide bonds. The van der Waals surface area contributed by atoms with Crippen LogP contribution < -0.4 is 10.7 Å². The number of nitrogens with two attached hydrogens (primary N) is 1. The lowest BCUT2D eigenvalue weighted by atomic mass is 10.3. The second-order valence-corrected chi connectivity index (χ2v) is 4.01. The number of benzene rings is 1. The lowest BCUT2D eigenvalue weighted by Crippen LogP contribution is -2.40. The van der Waals surface area contributed by atoms with Gasteiger partial charge in [-0.15, -0.1) is 0 Å². The van der Waals surface area contributed by atoms with Crippen molar-refractivity contribution >= 4 is 11.6 Å². The molecule has 0 atom stereocenters. The van der Waals surface area contributed by atoms with E-state index in [1.807, 2.05) is 5.01 Å². The van der Waals surface area contributed by atoms with Crippen LogP contribution in [0.4, 0.5) is 10.1 Å². The fraction of sp³-hybridized carbons (Fsp3) is 0.417. The van der Waals surface area contributed by atoms with Gasteiger partial charge in [-0.1, -0.05) is 6.07 Å². The third kappa shape index (κ3) is 2.55. The van der Waals surface area contributed by atoms with Gasteiger partial charge in [0.15, 0.2) is 0 Å². The van der Waals surface area contributed by atoms with Crippen molar-refractivity contribution in [1.29, 1.82) is 0 Å². The molecule has 1 aliphatic heterocycles. The number of carbonyl (C=O) groups is 1. The van der Waals surface area contributed by atoms with Crippen molar-refractivity contribution in [2.75, 3.05) is 24.6 Å². The molecule has 4 nitrogen and oxygen atoms in total. The predicted octanol–water partition coefficient (Wildman–Crippen LogP) is 1.13. The van der Waals surface area contributed by atoms with Crippen LogP contribution in [0, 0.1) is 5.82 Å². The monoisotopic (exact) mass is 237 g/mol. The minimum Gasteiger partial charge on any atom is -0.330 e. The first-order valence-electron chi connectivity index (χ1n) is 5.76. The quantitative estimate of drug-likeness (QED) is 0.854. The summed E-state index contributed by atoms with van der Waals surface area (Å²) in [5.41, 5.74) is 6.16. The first-order valence-corrected chi connectivity index (χ1v) is 5.76. The molecular weight excluding hydrogens is 221 g/mol. The topological polar surface area (TPSA) is 49.6 Å². The van der Waals surface area contributed by atoms with E-state index in [0.717, 1.165) is 6.42 Å². The maximum atomic E-state index is 13.1. The fourth-order valence-corrected chi connectivity index (χ4v) is 1.98. The zero-order valence-corrected chi connectivity index (χ0v) is 9.60. The van der Waals surface area contributed by atoms with Crippen LogP contribution in [0.15, 0.2) is 24.3 Å². The van der Waals surface area contributed by atoms with E-state index in [1.165, 1.54) is 12.1 Å². The number of amides is 1. The number of nitrogens with zero attached hydrogens (tertiary/aromatic N) is 2. The molecular formula is C12H16FN3O. The van der Waals surface area contributed by atoms with Gasteiger partial charge in [0.2, 0.25) is 5.91 Å². The molecule has 2 rings (SSSR count). The smallest absolute Gasteiger partial charge is 0.242 e. The summed E-state index contributed by atoms with van der Waals surface area (Å²) in [7, 11) is 0. The molecule has 1 heterocycles. The normalized spacial score (nSPS) is 15.8. The summed E-state index contributed by atoms with van der Waals surface area (Å²) in [5.74, 6) is -0.219. The molecule has 1 aromatic rings. The second-order valence-electron chi connectivity index (χ2n) is 4.01. The van der Waals surface area contributed by atoms with Gasteiger partial charge in [0.05, 0.1) is 5.69 Å². The molecule has 0 aromatic heterocycles. The Balaban J connectivity index is 2.16. The second kappa shape index (κ2) is 5.14. The van der Waals surface area contributed by atoms with Crippen molar-refractivity contribution in [3.63, 3.8) is 0 Å². The third-order valence-corrected chi connectivity index (χ3v) is 2.80. The Morgan fingerprint density at radius 1 is 1.41 bits per heavy atom. The van der Waals surface area contributed by atoms with Crippen LogP contribution in [0.25, 0.3) is 0 Å². The Morgan fingerprint density at radius 2 is 2.24 bits per heavy atom. The summed E-state index contributed by atoms with van der Waals surface area (Å²) in [6, 6.07) is 6.28. The van der Waals surface area contributed by atoms with Crippen molar-refractivity contribution < 1.29 is 9.18 Å². The lowest BCUT2D eigenvalue weighted by Gasteiger charge is -2.29. The Labute approximate surface area is 99.8 Å². The Morgan fingerprint density at radius 3 is 2.94 bits per heavy atom. The molecule has 2 N–H and O–H groups in total. The number of halogens is 1. The van der Waals surface area contributed by atoms with Gasteiger partial charge in [0.1, 0.15) is 5.82 Å². The van der Waals surface area contributed by atoms with Gasteiger partial charge in [0, 0.05) is 19.5 Å². The van der Waals surface area contributed by atoms with Crippen molar-refractivity contribution in [2.45, 2.75) is 12.8 Å². The van der Waals surface area contributed by atoms with E-state index >= 15 is 0 Å². The van der Waals surface area contributed by atoms with Crippen molar-refractivity contribution in [3.05, 3.63) is 30.1 Å². The summed E-state index contributed by atoms with van der Waals surface area (Å²) >= 11 is 0. The molecule has 1 fully saturated rings. The molecule has 0 saturated carbocycles. The van der Waals surface area contributed by atoms with Crippen LogP contribution >= 0.6 is 0 Å². The molecule has 1 aromatic carbocycles. The van der Waals surface area contributed by atoms with Gasteiger partial charge >= 0.3 is 0 Å². The van der Waals surface area contributed by atoms with Crippen LogP contribution in [-0.2, 0) is 4.79 Å². The minimum atomic E-state index is -0.291. The molecule has 1 aliphatic rings. The summed E-state index contributed by atoms with van der Waals surface area (Å²) in [4.78, 5) is 11.7. The molecule has 0 radical (unpaired) electrons. The highest BCUT2D eigenvalue weighted by atomic mass is 19.1. The SMILES string of the molecule is NCCCN1C(=O)CCN1c1cccc(F)c1. The molecule has 0 aliphatic carbocycles. The Kier molecular flexibility index (Phi) is 3.58. The molecule has 17 heavy (non-hydrogen) atoms. The maximum absolute atomic E-state index is 13.1. The summed E-state index contributed by atoms with van der Waals surface area (Å²) in [6.45, 7) is 1.74. The molecule has 92 valence electrons. The van der Waals surface area contributed by atoms with E-state index in [2.05, 4.69) is 0 Å². The van der Waals surface area contributed by atoms with Crippen molar-refractivity contribution in [1.82, 2.24) is 5.01 Å². The van der Waals surface area contributed by atoms with Crippen LogP contribution in [0.2, 0.25) is 0 Å². The number of carbonyl (C=O) groups excluding carboxylic acids is 1. The van der Waals surface area contributed by atoms with E-state index in [-0.39, 0.29) is 11.7 Å². The number of hydrazine groups is 1. The zero-order valence-electron chi connectivity index (χ0n) is 9.60. The average molecular weight is 237 g/mol. The molecule has 0 spiro atoms. The number of hydrogen-bond acceptors (Lipinski definition) is 3. The molecule has 0 unspecified atom stereocenters.